The van der Waals surface area contributed by atoms with Crippen LogP contribution in [0.3, 0.4) is 0 Å². The fourth-order valence-corrected chi connectivity index (χ4v) is 4.94. The van der Waals surface area contributed by atoms with Gasteiger partial charge in [0, 0.05) is 17.5 Å². The molecule has 196 valence electrons. The van der Waals surface area contributed by atoms with Crippen molar-refractivity contribution in [1.29, 1.82) is 0 Å². The molecule has 9 nitrogen and oxygen atoms in total. The van der Waals surface area contributed by atoms with E-state index in [0.717, 1.165) is 29.7 Å². The number of carbonyl (C=O) groups is 3. The predicted molar refractivity (Wildman–Crippen MR) is 141 cm³/mol. The Morgan fingerprint density at radius 2 is 2.00 bits per heavy atom. The fraction of sp³-hybridized carbons (Fsp3) is 0.333. The van der Waals surface area contributed by atoms with Crippen LogP contribution in [-0.4, -0.2) is 47.0 Å². The summed E-state index contributed by atoms with van der Waals surface area (Å²) in [7, 11) is 1.58. The van der Waals surface area contributed by atoms with Crippen LogP contribution in [0.15, 0.2) is 47.8 Å². The molecular weight excluding hydrogens is 494 g/mol. The minimum absolute atomic E-state index is 0.0827. The van der Waals surface area contributed by atoms with Gasteiger partial charge in [-0.25, -0.2) is 4.98 Å². The van der Waals surface area contributed by atoms with Crippen LogP contribution in [-0.2, 0) is 22.6 Å². The number of amides is 2. The van der Waals surface area contributed by atoms with E-state index in [4.69, 9.17) is 19.4 Å². The van der Waals surface area contributed by atoms with E-state index in [0.29, 0.717) is 35.3 Å². The van der Waals surface area contributed by atoms with Crippen LogP contribution in [0.5, 0.6) is 11.5 Å². The van der Waals surface area contributed by atoms with Crippen LogP contribution >= 0.6 is 11.3 Å². The Morgan fingerprint density at radius 3 is 2.68 bits per heavy atom. The maximum atomic E-state index is 13.3. The Balaban J connectivity index is 0.00000121. The van der Waals surface area contributed by atoms with E-state index in [2.05, 4.69) is 17.2 Å². The molecule has 0 radical (unpaired) electrons. The number of ether oxygens (including phenoxy) is 2. The third-order valence-electron chi connectivity index (χ3n) is 5.78. The van der Waals surface area contributed by atoms with Crippen molar-refractivity contribution < 1.29 is 29.0 Å². The summed E-state index contributed by atoms with van der Waals surface area (Å²) in [6, 6.07) is 12.7. The lowest BCUT2D eigenvalue weighted by Gasteiger charge is -2.28. The lowest BCUT2D eigenvalue weighted by atomic mass is 10.0. The van der Waals surface area contributed by atoms with Crippen LogP contribution in [0.25, 0.3) is 0 Å². The summed E-state index contributed by atoms with van der Waals surface area (Å²) in [6.07, 6.45) is 1.97. The van der Waals surface area contributed by atoms with E-state index < -0.39 is 6.04 Å². The third kappa shape index (κ3) is 6.85. The summed E-state index contributed by atoms with van der Waals surface area (Å²) < 4.78 is 11.2. The Bertz CT molecular complexity index is 1230. The van der Waals surface area contributed by atoms with Gasteiger partial charge in [0.05, 0.1) is 31.9 Å². The minimum Gasteiger partial charge on any atom is -0.493 e. The van der Waals surface area contributed by atoms with Crippen LogP contribution in [0.2, 0.25) is 0 Å². The number of fused-ring (bicyclic) bond motifs is 1. The molecule has 3 aromatic rings. The van der Waals surface area contributed by atoms with E-state index in [1.807, 2.05) is 54.8 Å². The van der Waals surface area contributed by atoms with E-state index in [9.17, 15) is 9.59 Å². The average molecular weight is 526 g/mol. The van der Waals surface area contributed by atoms with Gasteiger partial charge in [0.1, 0.15) is 0 Å². The quantitative estimate of drug-likeness (QED) is 0.360. The number of hydrogen-bond donors (Lipinski definition) is 2. The Kier molecular flexibility index (Phi) is 10.0. The maximum absolute atomic E-state index is 13.3. The number of hydrogen-bond acceptors (Lipinski definition) is 7. The van der Waals surface area contributed by atoms with Gasteiger partial charge in [0.2, 0.25) is 5.91 Å². The number of benzene rings is 2. The zero-order chi connectivity index (χ0) is 26.8. The lowest BCUT2D eigenvalue weighted by molar-refractivity contribution is -0.123. The number of aromatic nitrogens is 1. The molecule has 0 fully saturated rings. The summed E-state index contributed by atoms with van der Waals surface area (Å²) >= 11 is 1.42. The number of rotatable bonds is 10. The maximum Gasteiger partial charge on any atom is 0.290 e. The van der Waals surface area contributed by atoms with E-state index in [1.54, 1.807) is 12.0 Å². The number of carbonyl (C=O) groups excluding carboxylic acids is 2. The smallest absolute Gasteiger partial charge is 0.290 e. The number of thiazole rings is 1. The Hall–Kier alpha value is -3.92. The van der Waals surface area contributed by atoms with Gasteiger partial charge in [0.15, 0.2) is 16.6 Å². The second kappa shape index (κ2) is 13.4. The number of carboxylic acid groups (broad SMARTS) is 1. The summed E-state index contributed by atoms with van der Waals surface area (Å²) in [4.78, 5) is 41.0. The van der Waals surface area contributed by atoms with Gasteiger partial charge in [-0.1, -0.05) is 37.6 Å². The molecule has 0 spiro atoms. The first kappa shape index (κ1) is 27.7. The molecule has 0 saturated heterocycles. The molecular formula is C27H31N3O6S. The highest BCUT2D eigenvalue weighted by atomic mass is 32.1. The van der Waals surface area contributed by atoms with Crippen LogP contribution in [0, 0.1) is 0 Å². The SMILES string of the molecule is CCCc1csc(NC(=O)CC(c2ccc(OCC)c(OC)c2)N2Cc3ccccc3C2=O)n1.O=CO. The lowest BCUT2D eigenvalue weighted by Crippen LogP contribution is -2.32. The Morgan fingerprint density at radius 1 is 1.24 bits per heavy atom. The molecule has 2 aromatic carbocycles. The molecule has 2 heterocycles. The molecule has 1 aliphatic rings. The van der Waals surface area contributed by atoms with Gasteiger partial charge < -0.3 is 24.8 Å². The van der Waals surface area contributed by atoms with Crippen LogP contribution in [0.1, 0.15) is 59.9 Å². The molecule has 1 atom stereocenters. The van der Waals surface area contributed by atoms with Crippen molar-refractivity contribution in [3.05, 3.63) is 70.2 Å². The first-order chi connectivity index (χ1) is 17.9. The number of anilines is 1. The average Bonchev–Trinajstić information content (AvgIpc) is 3.47. The minimum atomic E-state index is -0.473. The van der Waals surface area contributed by atoms with Crippen molar-refractivity contribution in [2.24, 2.45) is 0 Å². The van der Waals surface area contributed by atoms with Gasteiger partial charge in [-0.3, -0.25) is 14.4 Å². The number of methoxy groups -OCH3 is 1. The van der Waals surface area contributed by atoms with Gasteiger partial charge in [0.25, 0.3) is 12.4 Å². The second-order valence-corrected chi connectivity index (χ2v) is 9.06. The summed E-state index contributed by atoms with van der Waals surface area (Å²) in [5.74, 6) is 0.914. The molecule has 1 aromatic heterocycles. The molecule has 0 saturated carbocycles. The summed E-state index contributed by atoms with van der Waals surface area (Å²) in [5.41, 5.74) is 3.41. The van der Waals surface area contributed by atoms with Crippen molar-refractivity contribution in [2.75, 3.05) is 19.0 Å². The zero-order valence-electron chi connectivity index (χ0n) is 21.1. The standard InChI is InChI=1S/C26H29N3O4S.CH2O2/c1-4-8-19-16-34-26(27-19)28-24(30)14-21(17-11-12-22(33-5-2)23(13-17)32-3)29-15-18-9-6-7-10-20(18)25(29)31;2-1-3/h6-7,9-13,16,21H,4-5,8,14-15H2,1-3H3,(H,27,28,30);1H,(H,2,3). The molecule has 37 heavy (non-hydrogen) atoms. The molecule has 10 heteroatoms. The predicted octanol–water partition coefficient (Wildman–Crippen LogP) is 4.93. The van der Waals surface area contributed by atoms with Crippen LogP contribution < -0.4 is 14.8 Å². The van der Waals surface area contributed by atoms with Gasteiger partial charge in [-0.15, -0.1) is 11.3 Å². The second-order valence-electron chi connectivity index (χ2n) is 8.20. The topological polar surface area (TPSA) is 118 Å². The fourth-order valence-electron chi connectivity index (χ4n) is 4.18. The third-order valence-corrected chi connectivity index (χ3v) is 6.59. The summed E-state index contributed by atoms with van der Waals surface area (Å²) in [6.45, 7) is 4.71. The highest BCUT2D eigenvalue weighted by Gasteiger charge is 2.35. The molecule has 2 amide bonds. The summed E-state index contributed by atoms with van der Waals surface area (Å²) in [5, 5.41) is 12.3. The number of aryl methyl sites for hydroxylation is 1. The van der Waals surface area contributed by atoms with Gasteiger partial charge in [-0.05, 0) is 42.7 Å². The van der Waals surface area contributed by atoms with E-state index in [1.165, 1.54) is 11.3 Å². The number of nitrogens with zero attached hydrogens (tertiary/aromatic N) is 2. The molecule has 4 rings (SSSR count). The van der Waals surface area contributed by atoms with Crippen molar-refractivity contribution in [1.82, 2.24) is 9.88 Å². The normalized spacial score (nSPS) is 12.7. The van der Waals surface area contributed by atoms with Gasteiger partial charge >= 0.3 is 0 Å². The van der Waals surface area contributed by atoms with Crippen molar-refractivity contribution in [3.8, 4) is 11.5 Å². The first-order valence-electron chi connectivity index (χ1n) is 12.0. The van der Waals surface area contributed by atoms with Crippen LogP contribution in [0.4, 0.5) is 5.13 Å². The number of nitrogens with one attached hydrogen (secondary N) is 1. The van der Waals surface area contributed by atoms with Crippen molar-refractivity contribution in [2.45, 2.75) is 45.7 Å². The molecule has 1 aliphatic heterocycles. The molecule has 1 unspecified atom stereocenters. The van der Waals surface area contributed by atoms with E-state index >= 15 is 0 Å². The zero-order valence-corrected chi connectivity index (χ0v) is 21.9. The largest absolute Gasteiger partial charge is 0.493 e. The van der Waals surface area contributed by atoms with Gasteiger partial charge in [-0.2, -0.15) is 0 Å². The van der Waals surface area contributed by atoms with E-state index in [-0.39, 0.29) is 24.7 Å². The molecule has 2 N–H and O–H groups in total. The highest BCUT2D eigenvalue weighted by molar-refractivity contribution is 7.13. The Labute approximate surface area is 220 Å². The first-order valence-corrected chi connectivity index (χ1v) is 12.8. The molecule has 0 aliphatic carbocycles. The molecule has 0 bridgehead atoms. The monoisotopic (exact) mass is 525 g/mol. The van der Waals surface area contributed by atoms with Crippen molar-refractivity contribution >= 4 is 34.8 Å². The highest BCUT2D eigenvalue weighted by Crippen LogP contribution is 2.37. The van der Waals surface area contributed by atoms with Crippen molar-refractivity contribution in [3.63, 3.8) is 0 Å².